The molecule has 1 amide bonds. The summed E-state index contributed by atoms with van der Waals surface area (Å²) in [5.41, 5.74) is 6.56. The van der Waals surface area contributed by atoms with E-state index < -0.39 is 6.04 Å². The van der Waals surface area contributed by atoms with Crippen LogP contribution in [-0.2, 0) is 11.2 Å². The van der Waals surface area contributed by atoms with Crippen molar-refractivity contribution >= 4 is 5.91 Å². The highest BCUT2D eigenvalue weighted by atomic mass is 19.1. The lowest BCUT2D eigenvalue weighted by atomic mass is 10.0. The van der Waals surface area contributed by atoms with Crippen LogP contribution in [-0.4, -0.2) is 18.5 Å². The summed E-state index contributed by atoms with van der Waals surface area (Å²) in [6, 6.07) is 5.87. The van der Waals surface area contributed by atoms with Crippen molar-refractivity contribution in [3.63, 3.8) is 0 Å². The molecule has 0 saturated heterocycles. The van der Waals surface area contributed by atoms with Gasteiger partial charge in [0.2, 0.25) is 5.91 Å². The molecule has 3 N–H and O–H groups in total. The van der Waals surface area contributed by atoms with E-state index in [4.69, 9.17) is 5.73 Å². The fraction of sp³-hybridized carbons (Fsp3) is 0.462. The number of nitrogens with one attached hydrogen (secondary N) is 1. The third-order valence-corrected chi connectivity index (χ3v) is 2.62. The predicted octanol–water partition coefficient (Wildman–Crippen LogP) is 1.47. The highest BCUT2D eigenvalue weighted by Gasteiger charge is 2.16. The summed E-state index contributed by atoms with van der Waals surface area (Å²) in [7, 11) is 0. The summed E-state index contributed by atoms with van der Waals surface area (Å²) in [5.74, 6) is -0.298. The standard InChI is InChI=1S/C13H19FN2O/c1-9(2)12(15)13(17)16-7-6-10-4-3-5-11(14)8-10/h3-5,8-9,12H,6-7,15H2,1-2H3,(H,16,17)/t12-/m0/s1. The minimum atomic E-state index is -0.484. The van der Waals surface area contributed by atoms with Gasteiger partial charge < -0.3 is 11.1 Å². The lowest BCUT2D eigenvalue weighted by Gasteiger charge is -2.15. The van der Waals surface area contributed by atoms with Crippen LogP contribution in [0.2, 0.25) is 0 Å². The molecule has 0 radical (unpaired) electrons. The van der Waals surface area contributed by atoms with Crippen molar-refractivity contribution in [2.75, 3.05) is 6.54 Å². The van der Waals surface area contributed by atoms with Crippen molar-refractivity contribution in [3.05, 3.63) is 35.6 Å². The van der Waals surface area contributed by atoms with Gasteiger partial charge >= 0.3 is 0 Å². The molecule has 0 aromatic heterocycles. The Hall–Kier alpha value is -1.42. The molecule has 0 aliphatic heterocycles. The number of carbonyl (C=O) groups excluding carboxylic acids is 1. The highest BCUT2D eigenvalue weighted by Crippen LogP contribution is 2.04. The maximum absolute atomic E-state index is 12.9. The van der Waals surface area contributed by atoms with E-state index in [-0.39, 0.29) is 17.6 Å². The number of hydrogen-bond acceptors (Lipinski definition) is 2. The van der Waals surface area contributed by atoms with Gasteiger partial charge in [0, 0.05) is 6.54 Å². The van der Waals surface area contributed by atoms with Gasteiger partial charge in [-0.15, -0.1) is 0 Å². The van der Waals surface area contributed by atoms with Crippen LogP contribution in [0.1, 0.15) is 19.4 Å². The molecule has 0 spiro atoms. The predicted molar refractivity (Wildman–Crippen MR) is 65.9 cm³/mol. The van der Waals surface area contributed by atoms with Crippen LogP contribution >= 0.6 is 0 Å². The van der Waals surface area contributed by atoms with Crippen molar-refractivity contribution < 1.29 is 9.18 Å². The van der Waals surface area contributed by atoms with E-state index in [1.807, 2.05) is 19.9 Å². The van der Waals surface area contributed by atoms with Gasteiger partial charge in [0.25, 0.3) is 0 Å². The fourth-order valence-corrected chi connectivity index (χ4v) is 1.44. The molecule has 0 bridgehead atoms. The Morgan fingerprint density at radius 2 is 2.18 bits per heavy atom. The van der Waals surface area contributed by atoms with Crippen LogP contribution in [0.3, 0.4) is 0 Å². The Balaban J connectivity index is 2.35. The molecule has 1 aromatic carbocycles. The maximum atomic E-state index is 12.9. The van der Waals surface area contributed by atoms with E-state index in [0.29, 0.717) is 13.0 Å². The lowest BCUT2D eigenvalue weighted by Crippen LogP contribution is -2.44. The van der Waals surface area contributed by atoms with Gasteiger partial charge in [0.05, 0.1) is 6.04 Å². The Morgan fingerprint density at radius 3 is 2.76 bits per heavy atom. The molecule has 3 nitrogen and oxygen atoms in total. The summed E-state index contributed by atoms with van der Waals surface area (Å²) in [6.07, 6.45) is 0.605. The van der Waals surface area contributed by atoms with Crippen LogP contribution < -0.4 is 11.1 Å². The third-order valence-electron chi connectivity index (χ3n) is 2.62. The minimum Gasteiger partial charge on any atom is -0.354 e. The van der Waals surface area contributed by atoms with E-state index in [1.54, 1.807) is 6.07 Å². The Morgan fingerprint density at radius 1 is 1.47 bits per heavy atom. The van der Waals surface area contributed by atoms with Gasteiger partial charge in [0.1, 0.15) is 5.82 Å². The first-order valence-electron chi connectivity index (χ1n) is 5.78. The zero-order valence-corrected chi connectivity index (χ0v) is 10.2. The molecular weight excluding hydrogens is 219 g/mol. The molecule has 94 valence electrons. The van der Waals surface area contributed by atoms with E-state index in [9.17, 15) is 9.18 Å². The van der Waals surface area contributed by atoms with Gasteiger partial charge in [-0.3, -0.25) is 4.79 Å². The summed E-state index contributed by atoms with van der Waals surface area (Å²) < 4.78 is 12.9. The minimum absolute atomic E-state index is 0.115. The quantitative estimate of drug-likeness (QED) is 0.816. The molecule has 1 aromatic rings. The number of hydrogen-bond donors (Lipinski definition) is 2. The number of halogens is 1. The van der Waals surface area contributed by atoms with Crippen molar-refractivity contribution in [2.45, 2.75) is 26.3 Å². The van der Waals surface area contributed by atoms with Crippen molar-refractivity contribution in [2.24, 2.45) is 11.7 Å². The topological polar surface area (TPSA) is 55.1 Å². The Kier molecular flexibility index (Phi) is 5.10. The third kappa shape index (κ3) is 4.53. The van der Waals surface area contributed by atoms with Crippen molar-refractivity contribution in [3.8, 4) is 0 Å². The van der Waals surface area contributed by atoms with Crippen molar-refractivity contribution in [1.82, 2.24) is 5.32 Å². The van der Waals surface area contributed by atoms with Crippen LogP contribution in [0, 0.1) is 11.7 Å². The SMILES string of the molecule is CC(C)[C@H](N)C(=O)NCCc1cccc(F)c1. The molecule has 1 rings (SSSR count). The molecular formula is C13H19FN2O. The highest BCUT2D eigenvalue weighted by molar-refractivity contribution is 5.81. The van der Waals surface area contributed by atoms with Gasteiger partial charge in [-0.1, -0.05) is 26.0 Å². The van der Waals surface area contributed by atoms with Gasteiger partial charge in [-0.05, 0) is 30.0 Å². The van der Waals surface area contributed by atoms with Crippen LogP contribution in [0.15, 0.2) is 24.3 Å². The smallest absolute Gasteiger partial charge is 0.237 e. The summed E-state index contributed by atoms with van der Waals surface area (Å²) in [6.45, 7) is 4.27. The maximum Gasteiger partial charge on any atom is 0.237 e. The molecule has 1 atom stereocenters. The molecule has 4 heteroatoms. The molecule has 0 heterocycles. The average Bonchev–Trinajstić information content (AvgIpc) is 2.27. The number of benzene rings is 1. The van der Waals surface area contributed by atoms with Gasteiger partial charge in [0.15, 0.2) is 0 Å². The first kappa shape index (κ1) is 13.6. The first-order valence-corrected chi connectivity index (χ1v) is 5.78. The van der Waals surface area contributed by atoms with Crippen LogP contribution in [0.4, 0.5) is 4.39 Å². The number of amides is 1. The number of rotatable bonds is 5. The summed E-state index contributed by atoms with van der Waals surface area (Å²) >= 11 is 0. The normalized spacial score (nSPS) is 12.5. The van der Waals surface area contributed by atoms with E-state index in [1.165, 1.54) is 12.1 Å². The molecule has 0 saturated carbocycles. The van der Waals surface area contributed by atoms with E-state index in [2.05, 4.69) is 5.32 Å². The van der Waals surface area contributed by atoms with Gasteiger partial charge in [-0.2, -0.15) is 0 Å². The first-order chi connectivity index (χ1) is 8.00. The second-order valence-electron chi connectivity index (χ2n) is 4.44. The summed E-state index contributed by atoms with van der Waals surface area (Å²) in [5, 5.41) is 2.75. The Labute approximate surface area is 101 Å². The molecule has 0 fully saturated rings. The lowest BCUT2D eigenvalue weighted by molar-refractivity contribution is -0.123. The van der Waals surface area contributed by atoms with Crippen molar-refractivity contribution in [1.29, 1.82) is 0 Å². The number of carbonyl (C=O) groups is 1. The molecule has 17 heavy (non-hydrogen) atoms. The average molecular weight is 238 g/mol. The monoisotopic (exact) mass is 238 g/mol. The molecule has 0 aliphatic rings. The second kappa shape index (κ2) is 6.35. The van der Waals surface area contributed by atoms with Gasteiger partial charge in [-0.25, -0.2) is 4.39 Å². The Bertz CT molecular complexity index is 379. The molecule has 0 aliphatic carbocycles. The zero-order chi connectivity index (χ0) is 12.8. The van der Waals surface area contributed by atoms with E-state index in [0.717, 1.165) is 5.56 Å². The zero-order valence-electron chi connectivity index (χ0n) is 10.2. The largest absolute Gasteiger partial charge is 0.354 e. The summed E-state index contributed by atoms with van der Waals surface area (Å²) in [4.78, 5) is 11.5. The van der Waals surface area contributed by atoms with Crippen LogP contribution in [0.25, 0.3) is 0 Å². The van der Waals surface area contributed by atoms with E-state index >= 15 is 0 Å². The second-order valence-corrected chi connectivity index (χ2v) is 4.44. The number of nitrogens with two attached hydrogens (primary N) is 1. The molecule has 0 unspecified atom stereocenters. The fourth-order valence-electron chi connectivity index (χ4n) is 1.44. The van der Waals surface area contributed by atoms with Crippen LogP contribution in [0.5, 0.6) is 0 Å².